The fraction of sp³-hybridized carbons (Fsp3) is 0.273. The Morgan fingerprint density at radius 3 is 2.84 bits per heavy atom. The number of aliphatic hydroxyl groups excluding tert-OH is 1. The largest absolute Gasteiger partial charge is 0.481 e. The van der Waals surface area contributed by atoms with E-state index in [0.29, 0.717) is 17.5 Å². The van der Waals surface area contributed by atoms with Gasteiger partial charge in [0.05, 0.1) is 18.0 Å². The Morgan fingerprint density at radius 2 is 2.21 bits per heavy atom. The van der Waals surface area contributed by atoms with Crippen molar-refractivity contribution in [2.45, 2.75) is 18.3 Å². The van der Waals surface area contributed by atoms with Gasteiger partial charge >= 0.3 is 5.97 Å². The van der Waals surface area contributed by atoms with Gasteiger partial charge in [-0.15, -0.1) is 10.2 Å². The Bertz CT molecular complexity index is 558. The first-order valence-electron chi connectivity index (χ1n) is 5.48. The Labute approximate surface area is 113 Å². The van der Waals surface area contributed by atoms with Gasteiger partial charge in [-0.2, -0.15) is 0 Å². The van der Waals surface area contributed by atoms with Crippen molar-refractivity contribution in [2.24, 2.45) is 0 Å². The summed E-state index contributed by atoms with van der Waals surface area (Å²) >= 11 is 1.06. The number of nitrogens with zero attached hydrogens (tertiary/aromatic N) is 4. The fourth-order valence-electron chi connectivity index (χ4n) is 1.48. The number of thioether (sulfide) groups is 1. The van der Waals surface area contributed by atoms with E-state index in [0.717, 1.165) is 17.5 Å². The second-order valence-electron chi connectivity index (χ2n) is 3.65. The Morgan fingerprint density at radius 1 is 1.37 bits per heavy atom. The van der Waals surface area contributed by atoms with Crippen LogP contribution in [0.2, 0.25) is 0 Å². The molecule has 0 fully saturated rings. The molecule has 7 nitrogen and oxygen atoms in total. The smallest absolute Gasteiger partial charge is 0.313 e. The van der Waals surface area contributed by atoms with E-state index in [4.69, 9.17) is 5.11 Å². The summed E-state index contributed by atoms with van der Waals surface area (Å²) in [6, 6.07) is 5.50. The topological polar surface area (TPSA) is 101 Å². The number of pyridine rings is 1. The summed E-state index contributed by atoms with van der Waals surface area (Å²) in [5.74, 6) is -0.646. The molecule has 2 N–H and O–H groups in total. The number of rotatable bonds is 6. The van der Waals surface area contributed by atoms with Gasteiger partial charge in [0.2, 0.25) is 0 Å². The molecule has 0 aromatic carbocycles. The number of aliphatic hydroxyl groups is 1. The van der Waals surface area contributed by atoms with Crippen LogP contribution >= 0.6 is 11.8 Å². The second-order valence-corrected chi connectivity index (χ2v) is 4.59. The van der Waals surface area contributed by atoms with E-state index in [1.807, 2.05) is 18.2 Å². The molecule has 2 aromatic heterocycles. The minimum Gasteiger partial charge on any atom is -0.481 e. The molecule has 2 heterocycles. The summed E-state index contributed by atoms with van der Waals surface area (Å²) in [5, 5.41) is 26.1. The van der Waals surface area contributed by atoms with Crippen LogP contribution in [0.3, 0.4) is 0 Å². The first kappa shape index (κ1) is 13.5. The van der Waals surface area contributed by atoms with Crippen molar-refractivity contribution in [1.29, 1.82) is 0 Å². The van der Waals surface area contributed by atoms with Crippen LogP contribution in [0.15, 0.2) is 29.6 Å². The zero-order valence-electron chi connectivity index (χ0n) is 9.93. The van der Waals surface area contributed by atoms with Gasteiger partial charge in [0.1, 0.15) is 6.61 Å². The van der Waals surface area contributed by atoms with E-state index >= 15 is 0 Å². The van der Waals surface area contributed by atoms with Gasteiger partial charge in [0.25, 0.3) is 0 Å². The van der Waals surface area contributed by atoms with Crippen molar-refractivity contribution in [1.82, 2.24) is 19.7 Å². The Kier molecular flexibility index (Phi) is 4.48. The van der Waals surface area contributed by atoms with E-state index in [1.165, 1.54) is 0 Å². The van der Waals surface area contributed by atoms with E-state index < -0.39 is 5.97 Å². The van der Waals surface area contributed by atoms with Crippen LogP contribution in [0.1, 0.15) is 11.5 Å². The average molecular weight is 280 g/mol. The highest BCUT2D eigenvalue weighted by Crippen LogP contribution is 2.18. The number of carboxylic acid groups (broad SMARTS) is 1. The molecule has 2 aromatic rings. The summed E-state index contributed by atoms with van der Waals surface area (Å²) in [7, 11) is 0. The van der Waals surface area contributed by atoms with Crippen LogP contribution in [0.25, 0.3) is 0 Å². The lowest BCUT2D eigenvalue weighted by molar-refractivity contribution is -0.133. The van der Waals surface area contributed by atoms with Gasteiger partial charge in [0.15, 0.2) is 11.0 Å². The quantitative estimate of drug-likeness (QED) is 0.738. The standard InChI is InChI=1S/C11H12N4O3S/c16-6-9-13-14-11(19-7-10(17)18)15(9)5-8-3-1-2-4-12-8/h1-4,16H,5-7H2,(H,17,18). The average Bonchev–Trinajstić information content (AvgIpc) is 2.80. The summed E-state index contributed by atoms with van der Waals surface area (Å²) in [4.78, 5) is 14.8. The molecule has 0 aliphatic carbocycles. The van der Waals surface area contributed by atoms with E-state index in [2.05, 4.69) is 15.2 Å². The molecule has 0 saturated carbocycles. The predicted octanol–water partition coefficient (Wildman–Crippen LogP) is 0.390. The van der Waals surface area contributed by atoms with Crippen molar-refractivity contribution in [2.75, 3.05) is 5.75 Å². The molecule has 0 radical (unpaired) electrons. The minimum absolute atomic E-state index is 0.105. The van der Waals surface area contributed by atoms with Gasteiger partial charge < -0.3 is 10.2 Å². The van der Waals surface area contributed by atoms with E-state index in [1.54, 1.807) is 10.8 Å². The molecule has 0 aliphatic heterocycles. The van der Waals surface area contributed by atoms with Crippen LogP contribution < -0.4 is 0 Å². The lowest BCUT2D eigenvalue weighted by Crippen LogP contribution is -2.09. The highest BCUT2D eigenvalue weighted by molar-refractivity contribution is 7.99. The summed E-state index contributed by atoms with van der Waals surface area (Å²) in [6.45, 7) is 0.138. The van der Waals surface area contributed by atoms with Crippen LogP contribution in [0, 0.1) is 0 Å². The lowest BCUT2D eigenvalue weighted by Gasteiger charge is -2.07. The zero-order chi connectivity index (χ0) is 13.7. The first-order valence-corrected chi connectivity index (χ1v) is 6.46. The van der Waals surface area contributed by atoms with Gasteiger partial charge in [0, 0.05) is 6.20 Å². The number of hydrogen-bond acceptors (Lipinski definition) is 6. The number of carboxylic acids is 1. The SMILES string of the molecule is O=C(O)CSc1nnc(CO)n1Cc1ccccn1. The van der Waals surface area contributed by atoms with Crippen molar-refractivity contribution >= 4 is 17.7 Å². The van der Waals surface area contributed by atoms with Crippen LogP contribution in [-0.2, 0) is 17.9 Å². The molecule has 0 aliphatic rings. The molecule has 0 spiro atoms. The predicted molar refractivity (Wildman–Crippen MR) is 67.6 cm³/mol. The molecule has 0 atom stereocenters. The number of carbonyl (C=O) groups is 1. The maximum absolute atomic E-state index is 10.6. The Hall–Kier alpha value is -1.93. The van der Waals surface area contributed by atoms with Crippen LogP contribution in [0.4, 0.5) is 0 Å². The molecule has 2 rings (SSSR count). The lowest BCUT2D eigenvalue weighted by atomic mass is 10.3. The monoisotopic (exact) mass is 280 g/mol. The van der Waals surface area contributed by atoms with Crippen LogP contribution in [-0.4, -0.2) is 41.7 Å². The zero-order valence-corrected chi connectivity index (χ0v) is 10.7. The van der Waals surface area contributed by atoms with Crippen molar-refractivity contribution in [3.05, 3.63) is 35.9 Å². The second kappa shape index (κ2) is 6.30. The highest BCUT2D eigenvalue weighted by Gasteiger charge is 2.13. The van der Waals surface area contributed by atoms with E-state index in [9.17, 15) is 9.90 Å². The molecule has 19 heavy (non-hydrogen) atoms. The summed E-state index contributed by atoms with van der Waals surface area (Å²) < 4.78 is 1.66. The van der Waals surface area contributed by atoms with Gasteiger partial charge in [-0.25, -0.2) is 0 Å². The molecule has 100 valence electrons. The molecule has 0 unspecified atom stereocenters. The molecule has 8 heteroatoms. The first-order chi connectivity index (χ1) is 9.20. The normalized spacial score (nSPS) is 10.6. The molecular formula is C11H12N4O3S. The number of aliphatic carboxylic acids is 1. The van der Waals surface area contributed by atoms with Crippen molar-refractivity contribution in [3.63, 3.8) is 0 Å². The molecule has 0 bridgehead atoms. The Balaban J connectivity index is 2.21. The fourth-order valence-corrected chi connectivity index (χ4v) is 2.16. The minimum atomic E-state index is -0.928. The van der Waals surface area contributed by atoms with Gasteiger partial charge in [-0.1, -0.05) is 17.8 Å². The molecule has 0 saturated heterocycles. The van der Waals surface area contributed by atoms with Crippen molar-refractivity contribution in [3.8, 4) is 0 Å². The molecule has 0 amide bonds. The maximum Gasteiger partial charge on any atom is 0.313 e. The van der Waals surface area contributed by atoms with Crippen LogP contribution in [0.5, 0.6) is 0 Å². The third-order valence-corrected chi connectivity index (χ3v) is 3.26. The third-order valence-electron chi connectivity index (χ3n) is 2.31. The van der Waals surface area contributed by atoms with E-state index in [-0.39, 0.29) is 12.4 Å². The number of aromatic nitrogens is 4. The van der Waals surface area contributed by atoms with Gasteiger partial charge in [-0.05, 0) is 12.1 Å². The van der Waals surface area contributed by atoms with Gasteiger partial charge in [-0.3, -0.25) is 14.3 Å². The number of hydrogen-bond donors (Lipinski definition) is 2. The maximum atomic E-state index is 10.6. The molecular weight excluding hydrogens is 268 g/mol. The summed E-state index contributed by atoms with van der Waals surface area (Å²) in [6.07, 6.45) is 1.67. The highest BCUT2D eigenvalue weighted by atomic mass is 32.2. The summed E-state index contributed by atoms with van der Waals surface area (Å²) in [5.41, 5.74) is 0.786. The third kappa shape index (κ3) is 3.52. The van der Waals surface area contributed by atoms with Crippen molar-refractivity contribution < 1.29 is 15.0 Å².